The molecule has 4 nitrogen and oxygen atoms in total. The number of amides is 1. The van der Waals surface area contributed by atoms with Gasteiger partial charge in [-0.3, -0.25) is 4.79 Å². The van der Waals surface area contributed by atoms with Crippen LogP contribution in [0, 0.1) is 12.7 Å². The lowest BCUT2D eigenvalue weighted by Gasteiger charge is -2.36. The number of hydrogen-bond acceptors (Lipinski definition) is 3. The van der Waals surface area contributed by atoms with Crippen LogP contribution in [0.2, 0.25) is 0 Å². The molecule has 0 aliphatic carbocycles. The van der Waals surface area contributed by atoms with Crippen LogP contribution in [0.5, 0.6) is 0 Å². The van der Waals surface area contributed by atoms with Gasteiger partial charge < -0.3 is 9.80 Å². The Hall–Kier alpha value is -1.95. The van der Waals surface area contributed by atoms with Crippen molar-refractivity contribution in [2.24, 2.45) is 0 Å². The third-order valence-corrected chi connectivity index (χ3v) is 4.98. The highest BCUT2D eigenvalue weighted by Gasteiger charge is 2.25. The van der Waals surface area contributed by atoms with Crippen molar-refractivity contribution in [1.29, 1.82) is 0 Å². The minimum absolute atomic E-state index is 0.124. The van der Waals surface area contributed by atoms with Crippen molar-refractivity contribution in [1.82, 2.24) is 9.88 Å². The number of halogens is 2. The van der Waals surface area contributed by atoms with E-state index in [0.717, 1.165) is 17.8 Å². The molecule has 1 aliphatic heterocycles. The average molecular weight is 406 g/mol. The molecule has 132 valence electrons. The lowest BCUT2D eigenvalue weighted by molar-refractivity contribution is 0.0741. The molecular weight excluding hydrogens is 385 g/mol. The molecule has 0 radical (unpaired) electrons. The minimum Gasteiger partial charge on any atom is -0.353 e. The number of nitrogens with zero attached hydrogens (tertiary/aromatic N) is 3. The van der Waals surface area contributed by atoms with Crippen molar-refractivity contribution in [3.8, 4) is 0 Å². The quantitative estimate of drug-likeness (QED) is 0.778. The predicted molar refractivity (Wildman–Crippen MR) is 101 cm³/mol. The van der Waals surface area contributed by atoms with Crippen molar-refractivity contribution in [3.05, 3.63) is 57.4 Å². The first kappa shape index (κ1) is 17.9. The van der Waals surface area contributed by atoms with Crippen LogP contribution in [0.25, 0.3) is 0 Å². The Morgan fingerprint density at radius 3 is 2.60 bits per heavy atom. The third kappa shape index (κ3) is 3.84. The Morgan fingerprint density at radius 2 is 1.96 bits per heavy atom. The first-order chi connectivity index (χ1) is 12.0. The predicted octanol–water partition coefficient (Wildman–Crippen LogP) is 3.82. The van der Waals surface area contributed by atoms with Crippen LogP contribution in [0.1, 0.15) is 28.4 Å². The average Bonchev–Trinajstić information content (AvgIpc) is 2.61. The topological polar surface area (TPSA) is 36.4 Å². The third-order valence-electron chi connectivity index (χ3n) is 4.49. The molecule has 1 amide bonds. The summed E-state index contributed by atoms with van der Waals surface area (Å²) in [6, 6.07) is 6.71. The van der Waals surface area contributed by atoms with Crippen LogP contribution < -0.4 is 4.90 Å². The lowest BCUT2D eigenvalue weighted by atomic mass is 10.1. The van der Waals surface area contributed by atoms with Crippen molar-refractivity contribution < 1.29 is 9.18 Å². The molecule has 1 saturated heterocycles. The zero-order valence-corrected chi connectivity index (χ0v) is 16.0. The maximum absolute atomic E-state index is 14.0. The van der Waals surface area contributed by atoms with Crippen molar-refractivity contribution >= 4 is 27.7 Å². The fourth-order valence-corrected chi connectivity index (χ4v) is 3.46. The van der Waals surface area contributed by atoms with Gasteiger partial charge in [0.2, 0.25) is 0 Å². The zero-order chi connectivity index (χ0) is 18.0. The number of anilines is 1. The lowest BCUT2D eigenvalue weighted by Crippen LogP contribution is -2.49. The molecule has 0 saturated carbocycles. The van der Waals surface area contributed by atoms with E-state index in [1.807, 2.05) is 13.1 Å². The summed E-state index contributed by atoms with van der Waals surface area (Å²) in [6.45, 7) is 6.69. The maximum atomic E-state index is 14.0. The molecule has 1 fully saturated rings. The smallest absolute Gasteiger partial charge is 0.256 e. The van der Waals surface area contributed by atoms with Gasteiger partial charge in [0.25, 0.3) is 5.91 Å². The summed E-state index contributed by atoms with van der Waals surface area (Å²) >= 11 is 3.22. The van der Waals surface area contributed by atoms with Crippen LogP contribution in [0.15, 0.2) is 34.9 Å². The van der Waals surface area contributed by atoms with Gasteiger partial charge >= 0.3 is 0 Å². The number of benzene rings is 1. The number of carbonyl (C=O) groups excluding carboxylic acids is 1. The Morgan fingerprint density at radius 1 is 1.24 bits per heavy atom. The maximum Gasteiger partial charge on any atom is 0.256 e. The number of aromatic nitrogens is 1. The van der Waals surface area contributed by atoms with Gasteiger partial charge in [0.15, 0.2) is 0 Å². The van der Waals surface area contributed by atoms with E-state index in [1.54, 1.807) is 11.0 Å². The molecule has 0 bridgehead atoms. The van der Waals surface area contributed by atoms with Crippen molar-refractivity contribution in [2.45, 2.75) is 20.3 Å². The van der Waals surface area contributed by atoms with E-state index < -0.39 is 5.82 Å². The van der Waals surface area contributed by atoms with Crippen LogP contribution in [0.4, 0.5) is 10.2 Å². The van der Waals surface area contributed by atoms with Gasteiger partial charge in [0.1, 0.15) is 11.6 Å². The second kappa shape index (κ2) is 7.52. The minimum atomic E-state index is -0.490. The largest absolute Gasteiger partial charge is 0.353 e. The number of hydrogen-bond donors (Lipinski definition) is 0. The molecule has 1 aliphatic rings. The van der Waals surface area contributed by atoms with E-state index >= 15 is 0 Å². The first-order valence-electron chi connectivity index (χ1n) is 8.44. The van der Waals surface area contributed by atoms with Gasteiger partial charge in [-0.15, -0.1) is 0 Å². The zero-order valence-electron chi connectivity index (χ0n) is 14.4. The SMILES string of the molecule is CCc1cc(C)cnc1N1CCN(C(=O)c2ccc(Br)cc2F)CC1. The van der Waals surface area contributed by atoms with Gasteiger partial charge in [-0.25, -0.2) is 9.37 Å². The fourth-order valence-electron chi connectivity index (χ4n) is 3.12. The first-order valence-corrected chi connectivity index (χ1v) is 9.23. The van der Waals surface area contributed by atoms with Gasteiger partial charge in [-0.1, -0.05) is 28.9 Å². The summed E-state index contributed by atoms with van der Waals surface area (Å²) in [4.78, 5) is 21.1. The molecule has 3 rings (SSSR count). The normalized spacial score (nSPS) is 14.7. The molecule has 25 heavy (non-hydrogen) atoms. The Balaban J connectivity index is 1.70. The molecule has 0 N–H and O–H groups in total. The van der Waals surface area contributed by atoms with Crippen LogP contribution in [-0.4, -0.2) is 42.0 Å². The highest BCUT2D eigenvalue weighted by Crippen LogP contribution is 2.22. The summed E-state index contributed by atoms with van der Waals surface area (Å²) in [5.74, 6) is 0.252. The van der Waals surface area contributed by atoms with Crippen LogP contribution in [-0.2, 0) is 6.42 Å². The van der Waals surface area contributed by atoms with E-state index in [0.29, 0.717) is 30.7 Å². The molecule has 0 atom stereocenters. The van der Waals surface area contributed by atoms with Gasteiger partial charge in [0, 0.05) is 36.8 Å². The van der Waals surface area contributed by atoms with E-state index in [2.05, 4.69) is 38.8 Å². The highest BCUT2D eigenvalue weighted by atomic mass is 79.9. The fraction of sp³-hybridized carbons (Fsp3) is 0.368. The molecule has 1 aromatic heterocycles. The van der Waals surface area contributed by atoms with E-state index in [9.17, 15) is 9.18 Å². The second-order valence-corrected chi connectivity index (χ2v) is 7.17. The van der Waals surface area contributed by atoms with E-state index in [1.165, 1.54) is 17.7 Å². The number of aryl methyl sites for hydroxylation is 2. The highest BCUT2D eigenvalue weighted by molar-refractivity contribution is 9.10. The molecule has 2 aromatic rings. The van der Waals surface area contributed by atoms with E-state index in [-0.39, 0.29) is 11.5 Å². The Labute approximate surface area is 155 Å². The van der Waals surface area contributed by atoms with Gasteiger partial charge in [-0.2, -0.15) is 0 Å². The molecule has 0 spiro atoms. The van der Waals surface area contributed by atoms with E-state index in [4.69, 9.17) is 0 Å². The second-order valence-electron chi connectivity index (χ2n) is 6.25. The molecule has 6 heteroatoms. The summed E-state index contributed by atoms with van der Waals surface area (Å²) in [5.41, 5.74) is 2.50. The molecule has 0 unspecified atom stereocenters. The number of carbonyl (C=O) groups is 1. The standard InChI is InChI=1S/C19H21BrFN3O/c1-3-14-10-13(2)12-22-18(14)23-6-8-24(9-7-23)19(25)16-5-4-15(20)11-17(16)21/h4-5,10-12H,3,6-9H2,1-2H3. The Bertz CT molecular complexity index is 788. The summed E-state index contributed by atoms with van der Waals surface area (Å²) in [5, 5.41) is 0. The number of piperazine rings is 1. The van der Waals surface area contributed by atoms with Crippen molar-refractivity contribution in [2.75, 3.05) is 31.1 Å². The molecular formula is C19H21BrFN3O. The van der Waals surface area contributed by atoms with Crippen LogP contribution >= 0.6 is 15.9 Å². The number of pyridine rings is 1. The molecule has 1 aromatic carbocycles. The van der Waals surface area contributed by atoms with Crippen molar-refractivity contribution in [3.63, 3.8) is 0 Å². The van der Waals surface area contributed by atoms with Gasteiger partial charge in [-0.05, 0) is 42.7 Å². The monoisotopic (exact) mass is 405 g/mol. The molecule has 2 heterocycles. The van der Waals surface area contributed by atoms with Crippen LogP contribution in [0.3, 0.4) is 0 Å². The summed E-state index contributed by atoms with van der Waals surface area (Å²) < 4.78 is 14.7. The number of rotatable bonds is 3. The Kier molecular flexibility index (Phi) is 5.37. The van der Waals surface area contributed by atoms with Gasteiger partial charge in [0.05, 0.1) is 5.56 Å². The summed E-state index contributed by atoms with van der Waals surface area (Å²) in [7, 11) is 0. The summed E-state index contributed by atoms with van der Waals surface area (Å²) in [6.07, 6.45) is 2.80.